The lowest BCUT2D eigenvalue weighted by atomic mass is 9.72. The van der Waals surface area contributed by atoms with Crippen LogP contribution in [-0.4, -0.2) is 46.5 Å². The quantitative estimate of drug-likeness (QED) is 0.152. The Morgan fingerprint density at radius 1 is 1.10 bits per heavy atom. The molecule has 39 heavy (non-hydrogen) atoms. The van der Waals surface area contributed by atoms with Gasteiger partial charge in [-0.1, -0.05) is 47.6 Å². The molecule has 1 amide bonds. The van der Waals surface area contributed by atoms with Crippen LogP contribution in [0, 0.1) is 5.82 Å². The molecule has 0 saturated carbocycles. The highest BCUT2D eigenvalue weighted by Crippen LogP contribution is 2.48. The number of ketones is 1. The zero-order chi connectivity index (χ0) is 29.1. The Balaban J connectivity index is 1.62. The van der Waals surface area contributed by atoms with Crippen molar-refractivity contribution >= 4 is 52.2 Å². The van der Waals surface area contributed by atoms with Crippen LogP contribution in [0.5, 0.6) is 0 Å². The van der Waals surface area contributed by atoms with Gasteiger partial charge in [0.1, 0.15) is 16.6 Å². The minimum Gasteiger partial charge on any atom is -0.444 e. The van der Waals surface area contributed by atoms with Crippen LogP contribution in [0.4, 0.5) is 22.4 Å². The van der Waals surface area contributed by atoms with E-state index in [1.54, 1.807) is 26.8 Å². The summed E-state index contributed by atoms with van der Waals surface area (Å²) in [5.41, 5.74) is -3.46. The van der Waals surface area contributed by atoms with Crippen molar-refractivity contribution in [3.05, 3.63) is 68.4 Å². The lowest BCUT2D eigenvalue weighted by Crippen LogP contribution is -2.61. The maximum atomic E-state index is 14.6. The van der Waals surface area contributed by atoms with Crippen LogP contribution in [0.1, 0.15) is 61.2 Å². The van der Waals surface area contributed by atoms with Gasteiger partial charge in [0.2, 0.25) is 0 Å². The highest BCUT2D eigenvalue weighted by molar-refractivity contribution is 7.80. The maximum absolute atomic E-state index is 14.6. The Hall–Kier alpha value is -2.27. The van der Waals surface area contributed by atoms with E-state index in [2.05, 4.69) is 0 Å². The fraction of sp³-hybridized carbons (Fsp3) is 0.444. The third kappa shape index (κ3) is 5.28. The molecular weight excluding hydrogens is 581 g/mol. The van der Waals surface area contributed by atoms with Crippen LogP contribution in [0.3, 0.4) is 0 Å². The summed E-state index contributed by atoms with van der Waals surface area (Å²) in [7, 11) is 0. The first-order valence-electron chi connectivity index (χ1n) is 11.9. The number of ether oxygens (including phenoxy) is 2. The SMILES string of the molecule is CC(=S)C(CC(=O)c1ccc2c(c1)COC21CN(C(=O)OC(C)(C)C)C1)(c1cc(Cl)c(F)c(Cl)c1)C(F)(F)F. The van der Waals surface area contributed by atoms with Crippen LogP contribution in [-0.2, 0) is 27.1 Å². The third-order valence-corrected chi connectivity index (χ3v) is 7.85. The summed E-state index contributed by atoms with van der Waals surface area (Å²) in [6.45, 7) is 6.98. The number of carbonyl (C=O) groups excluding carboxylic acids is 2. The average Bonchev–Trinajstić information content (AvgIpc) is 3.16. The number of hydrogen-bond acceptors (Lipinski definition) is 5. The molecule has 1 atom stereocenters. The van der Waals surface area contributed by atoms with Gasteiger partial charge in [-0.05, 0) is 62.6 Å². The van der Waals surface area contributed by atoms with E-state index < -0.39 is 67.4 Å². The molecule has 4 rings (SSSR count). The number of fused-ring (bicyclic) bond motifs is 2. The topological polar surface area (TPSA) is 55.8 Å². The van der Waals surface area contributed by atoms with Crippen LogP contribution in [0.2, 0.25) is 10.0 Å². The van der Waals surface area contributed by atoms with Crippen molar-refractivity contribution in [2.24, 2.45) is 0 Å². The largest absolute Gasteiger partial charge is 0.444 e. The first kappa shape index (κ1) is 29.7. The van der Waals surface area contributed by atoms with E-state index >= 15 is 0 Å². The van der Waals surface area contributed by atoms with Gasteiger partial charge < -0.3 is 14.4 Å². The molecule has 0 bridgehead atoms. The van der Waals surface area contributed by atoms with E-state index in [0.29, 0.717) is 5.56 Å². The van der Waals surface area contributed by atoms with Gasteiger partial charge in [-0.2, -0.15) is 13.2 Å². The van der Waals surface area contributed by atoms with Gasteiger partial charge in [-0.25, -0.2) is 9.18 Å². The molecule has 0 N–H and O–H groups in total. The predicted octanol–water partition coefficient (Wildman–Crippen LogP) is 7.57. The number of nitrogens with zero attached hydrogens (tertiary/aromatic N) is 1. The van der Waals surface area contributed by atoms with E-state index in [4.69, 9.17) is 44.9 Å². The second kappa shape index (κ2) is 9.98. The van der Waals surface area contributed by atoms with E-state index in [1.165, 1.54) is 17.0 Å². The highest BCUT2D eigenvalue weighted by atomic mass is 35.5. The maximum Gasteiger partial charge on any atom is 0.410 e. The average molecular weight is 606 g/mol. The second-order valence-corrected chi connectivity index (χ2v) is 12.2. The smallest absolute Gasteiger partial charge is 0.410 e. The molecule has 2 aromatic rings. The molecule has 0 aromatic heterocycles. The molecular formula is C27H25Cl2F4NO4S. The molecule has 2 aromatic carbocycles. The summed E-state index contributed by atoms with van der Waals surface area (Å²) in [6, 6.07) is 6.15. The Bertz CT molecular complexity index is 1350. The molecule has 12 heteroatoms. The molecule has 2 aliphatic rings. The zero-order valence-corrected chi connectivity index (χ0v) is 23.8. The molecule has 5 nitrogen and oxygen atoms in total. The Morgan fingerprint density at radius 2 is 1.69 bits per heavy atom. The number of alkyl halides is 3. The van der Waals surface area contributed by atoms with Crippen molar-refractivity contribution in [1.29, 1.82) is 0 Å². The highest BCUT2D eigenvalue weighted by Gasteiger charge is 2.59. The van der Waals surface area contributed by atoms with E-state index in [-0.39, 0.29) is 25.3 Å². The van der Waals surface area contributed by atoms with Gasteiger partial charge in [0, 0.05) is 16.8 Å². The van der Waals surface area contributed by atoms with Gasteiger partial charge in [0.25, 0.3) is 0 Å². The van der Waals surface area contributed by atoms with Crippen LogP contribution in [0.25, 0.3) is 0 Å². The van der Waals surface area contributed by atoms with Crippen molar-refractivity contribution < 1.29 is 36.6 Å². The molecule has 1 spiro atoms. The standard InChI is InChI=1S/C27H25Cl2F4NO4S/c1-14(39)26(27(31,32)33,17-8-19(28)22(30)20(29)9-17)10-21(35)15-5-6-18-16(7-15)11-37-25(18)12-34(13-25)23(36)38-24(2,3)4/h5-9H,10-13H2,1-4H3. The summed E-state index contributed by atoms with van der Waals surface area (Å²) in [5, 5.41) is -1.23. The molecule has 1 saturated heterocycles. The van der Waals surface area contributed by atoms with E-state index in [1.807, 2.05) is 0 Å². The molecule has 210 valence electrons. The molecule has 2 aliphatic heterocycles. The first-order valence-corrected chi connectivity index (χ1v) is 13.1. The lowest BCUT2D eigenvalue weighted by molar-refractivity contribution is -0.168. The minimum absolute atomic E-state index is 0.0295. The van der Waals surface area contributed by atoms with E-state index in [0.717, 1.165) is 24.6 Å². The van der Waals surface area contributed by atoms with E-state index in [9.17, 15) is 27.2 Å². The van der Waals surface area contributed by atoms with Crippen molar-refractivity contribution in [2.45, 2.75) is 63.5 Å². The number of rotatable bonds is 5. The fourth-order valence-corrected chi connectivity index (χ4v) is 5.74. The molecule has 2 heterocycles. The number of benzene rings is 2. The molecule has 1 fully saturated rings. The number of amides is 1. The summed E-state index contributed by atoms with van der Waals surface area (Å²) in [4.78, 5) is 26.6. The van der Waals surface area contributed by atoms with Crippen LogP contribution in [0.15, 0.2) is 30.3 Å². The number of Topliss-reactive ketones (excluding diaryl/α,β-unsaturated/α-hetero) is 1. The van der Waals surface area contributed by atoms with Gasteiger partial charge in [-0.15, -0.1) is 0 Å². The summed E-state index contributed by atoms with van der Waals surface area (Å²) in [6.07, 6.45) is -6.56. The number of hydrogen-bond donors (Lipinski definition) is 0. The predicted molar refractivity (Wildman–Crippen MR) is 142 cm³/mol. The number of likely N-dealkylation sites (tertiary alicyclic amines) is 1. The van der Waals surface area contributed by atoms with Crippen molar-refractivity contribution in [2.75, 3.05) is 13.1 Å². The minimum atomic E-state index is -5.01. The first-order chi connectivity index (χ1) is 17.9. The van der Waals surface area contributed by atoms with Gasteiger partial charge in [0.15, 0.2) is 11.6 Å². The second-order valence-electron chi connectivity index (χ2n) is 10.8. The van der Waals surface area contributed by atoms with Crippen LogP contribution >= 0.6 is 35.4 Å². The Morgan fingerprint density at radius 3 is 2.21 bits per heavy atom. The summed E-state index contributed by atoms with van der Waals surface area (Å²) < 4.78 is 69.3. The van der Waals surface area contributed by atoms with Gasteiger partial charge >= 0.3 is 12.3 Å². The Kier molecular flexibility index (Phi) is 7.60. The van der Waals surface area contributed by atoms with Crippen molar-refractivity contribution in [1.82, 2.24) is 4.90 Å². The number of thiocarbonyl (C=S) groups is 1. The summed E-state index contributed by atoms with van der Waals surface area (Å²) in [5.74, 6) is -1.90. The number of halogens is 6. The Labute approximate surface area is 238 Å². The molecule has 0 radical (unpaired) electrons. The number of carbonyl (C=O) groups is 2. The lowest BCUT2D eigenvalue weighted by Gasteiger charge is -2.47. The molecule has 0 aliphatic carbocycles. The third-order valence-electron chi connectivity index (χ3n) is 6.95. The van der Waals surface area contributed by atoms with Crippen molar-refractivity contribution in [3.8, 4) is 0 Å². The van der Waals surface area contributed by atoms with Gasteiger partial charge in [-0.3, -0.25) is 4.79 Å². The van der Waals surface area contributed by atoms with Crippen LogP contribution < -0.4 is 0 Å². The monoisotopic (exact) mass is 605 g/mol. The summed E-state index contributed by atoms with van der Waals surface area (Å²) >= 11 is 16.6. The zero-order valence-electron chi connectivity index (χ0n) is 21.5. The molecule has 1 unspecified atom stereocenters. The normalized spacial score (nSPS) is 17.8. The fourth-order valence-electron chi connectivity index (χ4n) is 4.95. The van der Waals surface area contributed by atoms with Crippen molar-refractivity contribution in [3.63, 3.8) is 0 Å². The van der Waals surface area contributed by atoms with Gasteiger partial charge in [0.05, 0.1) is 29.7 Å².